The predicted octanol–water partition coefficient (Wildman–Crippen LogP) is 2.95. The molecule has 2 N–H and O–H groups in total. The van der Waals surface area contributed by atoms with Gasteiger partial charge in [0.25, 0.3) is 0 Å². The van der Waals surface area contributed by atoms with Crippen molar-refractivity contribution in [3.63, 3.8) is 0 Å². The minimum Gasteiger partial charge on any atom is -0.460 e. The first-order valence-electron chi connectivity index (χ1n) is 4.81. The Hall–Kier alpha value is -1.49. The summed E-state index contributed by atoms with van der Waals surface area (Å²) in [5.74, 6) is 0.481. The highest BCUT2D eigenvalue weighted by Crippen LogP contribution is 2.35. The zero-order chi connectivity index (χ0) is 11.8. The Kier molecular flexibility index (Phi) is 2.63. The quantitative estimate of drug-likeness (QED) is 0.859. The maximum Gasteiger partial charge on any atom is 0.420 e. The van der Waals surface area contributed by atoms with E-state index in [1.807, 2.05) is 0 Å². The molecule has 5 heteroatoms. The molecule has 0 spiro atoms. The Balaban J connectivity index is 2.59. The highest BCUT2D eigenvalue weighted by atomic mass is 19.4. The maximum atomic E-state index is 12.6. The number of alkyl halides is 3. The van der Waals surface area contributed by atoms with E-state index in [9.17, 15) is 13.2 Å². The molecule has 0 fully saturated rings. The van der Waals surface area contributed by atoms with Crippen LogP contribution >= 0.6 is 0 Å². The molecule has 1 aromatic carbocycles. The van der Waals surface area contributed by atoms with Crippen LogP contribution in [0.4, 0.5) is 13.2 Å². The smallest absolute Gasteiger partial charge is 0.420 e. The van der Waals surface area contributed by atoms with Gasteiger partial charge in [0.2, 0.25) is 0 Å². The summed E-state index contributed by atoms with van der Waals surface area (Å²) in [6, 6.07) is 5.57. The molecular weight excluding hydrogens is 219 g/mol. The van der Waals surface area contributed by atoms with E-state index in [4.69, 9.17) is 10.2 Å². The number of nitrogens with two attached hydrogens (primary N) is 1. The fourth-order valence-corrected chi connectivity index (χ4v) is 1.61. The number of fused-ring (bicyclic) bond motifs is 1. The first-order valence-corrected chi connectivity index (χ1v) is 4.81. The van der Waals surface area contributed by atoms with E-state index in [1.54, 1.807) is 12.1 Å². The second-order valence-electron chi connectivity index (χ2n) is 3.47. The van der Waals surface area contributed by atoms with E-state index in [-0.39, 0.29) is 5.58 Å². The average Bonchev–Trinajstić information content (AvgIpc) is 2.58. The van der Waals surface area contributed by atoms with Crippen molar-refractivity contribution < 1.29 is 17.6 Å². The first-order chi connectivity index (χ1) is 7.52. The van der Waals surface area contributed by atoms with Gasteiger partial charge in [-0.2, -0.15) is 13.2 Å². The molecule has 1 aromatic heterocycles. The molecule has 86 valence electrons. The molecule has 16 heavy (non-hydrogen) atoms. The van der Waals surface area contributed by atoms with Gasteiger partial charge in [-0.1, -0.05) is 12.1 Å². The molecule has 2 nitrogen and oxygen atoms in total. The Bertz CT molecular complexity index is 501. The van der Waals surface area contributed by atoms with Gasteiger partial charge in [-0.3, -0.25) is 0 Å². The third-order valence-electron chi connectivity index (χ3n) is 2.29. The SMILES string of the molecule is NCCc1cc2cccc(C(F)(F)F)c2o1. The molecular formula is C11H10F3NO. The van der Waals surface area contributed by atoms with Crippen molar-refractivity contribution in [2.24, 2.45) is 5.73 Å². The third kappa shape index (κ3) is 1.90. The van der Waals surface area contributed by atoms with Crippen molar-refractivity contribution in [2.75, 3.05) is 6.54 Å². The van der Waals surface area contributed by atoms with E-state index >= 15 is 0 Å². The van der Waals surface area contributed by atoms with E-state index in [0.717, 1.165) is 6.07 Å². The topological polar surface area (TPSA) is 39.2 Å². The van der Waals surface area contributed by atoms with Gasteiger partial charge in [0.1, 0.15) is 11.3 Å². The third-order valence-corrected chi connectivity index (χ3v) is 2.29. The fraction of sp³-hybridized carbons (Fsp3) is 0.273. The van der Waals surface area contributed by atoms with Crippen LogP contribution in [0.15, 0.2) is 28.7 Å². The van der Waals surface area contributed by atoms with Gasteiger partial charge in [0.15, 0.2) is 0 Å². The Morgan fingerprint density at radius 1 is 1.25 bits per heavy atom. The molecule has 0 radical (unpaired) electrons. The minimum atomic E-state index is -4.39. The zero-order valence-electron chi connectivity index (χ0n) is 8.34. The summed E-state index contributed by atoms with van der Waals surface area (Å²) >= 11 is 0. The van der Waals surface area contributed by atoms with Crippen LogP contribution in [0, 0.1) is 0 Å². The summed E-state index contributed by atoms with van der Waals surface area (Å²) in [6.45, 7) is 0.348. The predicted molar refractivity (Wildman–Crippen MR) is 54.0 cm³/mol. The van der Waals surface area contributed by atoms with Crippen molar-refractivity contribution in [1.29, 1.82) is 0 Å². The summed E-state index contributed by atoms with van der Waals surface area (Å²) in [5.41, 5.74) is 4.47. The lowest BCUT2D eigenvalue weighted by molar-refractivity contribution is -0.136. The summed E-state index contributed by atoms with van der Waals surface area (Å²) in [5, 5.41) is 0.457. The van der Waals surface area contributed by atoms with Crippen molar-refractivity contribution in [3.05, 3.63) is 35.6 Å². The van der Waals surface area contributed by atoms with Gasteiger partial charge < -0.3 is 10.2 Å². The standard InChI is InChI=1S/C11H10F3NO/c12-11(13,14)9-3-1-2-7-6-8(4-5-15)16-10(7)9/h1-3,6H,4-5,15H2. The Morgan fingerprint density at radius 3 is 2.62 bits per heavy atom. The van der Waals surface area contributed by atoms with E-state index in [0.29, 0.717) is 24.1 Å². The van der Waals surface area contributed by atoms with Gasteiger partial charge in [0, 0.05) is 11.8 Å². The van der Waals surface area contributed by atoms with Crippen LogP contribution in [0.2, 0.25) is 0 Å². The van der Waals surface area contributed by atoms with Gasteiger partial charge in [-0.25, -0.2) is 0 Å². The molecule has 0 atom stereocenters. The van der Waals surface area contributed by atoms with Crippen molar-refractivity contribution in [1.82, 2.24) is 0 Å². The number of halogens is 3. The summed E-state index contributed by atoms with van der Waals surface area (Å²) in [4.78, 5) is 0. The van der Waals surface area contributed by atoms with Crippen molar-refractivity contribution in [2.45, 2.75) is 12.6 Å². The molecule has 2 rings (SSSR count). The number of furan rings is 1. The monoisotopic (exact) mass is 229 g/mol. The highest BCUT2D eigenvalue weighted by molar-refractivity contribution is 5.81. The number of hydrogen-bond acceptors (Lipinski definition) is 2. The Morgan fingerprint density at radius 2 is 2.00 bits per heavy atom. The zero-order valence-corrected chi connectivity index (χ0v) is 8.34. The van der Waals surface area contributed by atoms with Crippen molar-refractivity contribution in [3.8, 4) is 0 Å². The van der Waals surface area contributed by atoms with Crippen LogP contribution < -0.4 is 5.73 Å². The lowest BCUT2D eigenvalue weighted by Crippen LogP contribution is -2.04. The van der Waals surface area contributed by atoms with Crippen LogP contribution in [0.3, 0.4) is 0 Å². The lowest BCUT2D eigenvalue weighted by atomic mass is 10.1. The fourth-order valence-electron chi connectivity index (χ4n) is 1.61. The van der Waals surface area contributed by atoms with Gasteiger partial charge in [0.05, 0.1) is 5.56 Å². The molecule has 0 aliphatic rings. The van der Waals surface area contributed by atoms with Gasteiger partial charge >= 0.3 is 6.18 Å². The Labute approximate surface area is 89.8 Å². The summed E-state index contributed by atoms with van der Waals surface area (Å²) in [7, 11) is 0. The maximum absolute atomic E-state index is 12.6. The second-order valence-corrected chi connectivity index (χ2v) is 3.47. The molecule has 2 aromatic rings. The average molecular weight is 229 g/mol. The van der Waals surface area contributed by atoms with Crippen LogP contribution in [0.1, 0.15) is 11.3 Å². The number of rotatable bonds is 2. The van der Waals surface area contributed by atoms with Crippen LogP contribution in [-0.2, 0) is 12.6 Å². The number of para-hydroxylation sites is 1. The lowest BCUT2D eigenvalue weighted by Gasteiger charge is -2.06. The van der Waals surface area contributed by atoms with Crippen LogP contribution in [0.5, 0.6) is 0 Å². The van der Waals surface area contributed by atoms with E-state index in [1.165, 1.54) is 6.07 Å². The number of benzene rings is 1. The van der Waals surface area contributed by atoms with E-state index in [2.05, 4.69) is 0 Å². The van der Waals surface area contributed by atoms with Gasteiger partial charge in [-0.05, 0) is 18.7 Å². The van der Waals surface area contributed by atoms with Crippen LogP contribution in [-0.4, -0.2) is 6.54 Å². The highest BCUT2D eigenvalue weighted by Gasteiger charge is 2.34. The molecule has 0 aliphatic carbocycles. The second kappa shape index (κ2) is 3.83. The summed E-state index contributed by atoms with van der Waals surface area (Å²) in [6.07, 6.45) is -3.96. The molecule has 0 aliphatic heterocycles. The number of hydrogen-bond donors (Lipinski definition) is 1. The van der Waals surface area contributed by atoms with Crippen LogP contribution in [0.25, 0.3) is 11.0 Å². The largest absolute Gasteiger partial charge is 0.460 e. The minimum absolute atomic E-state index is 0.113. The molecule has 0 unspecified atom stereocenters. The molecule has 1 heterocycles. The van der Waals surface area contributed by atoms with Gasteiger partial charge in [-0.15, -0.1) is 0 Å². The molecule has 0 bridgehead atoms. The normalized spacial score (nSPS) is 12.2. The van der Waals surface area contributed by atoms with Crippen molar-refractivity contribution >= 4 is 11.0 Å². The molecule has 0 saturated carbocycles. The molecule has 0 saturated heterocycles. The van der Waals surface area contributed by atoms with E-state index < -0.39 is 11.7 Å². The first kappa shape index (κ1) is 11.0. The molecule has 0 amide bonds. The summed E-state index contributed by atoms with van der Waals surface area (Å²) < 4.78 is 43.1.